The molecule has 1 aliphatic rings. The van der Waals surface area contributed by atoms with Crippen LogP contribution in [0.2, 0.25) is 0 Å². The Bertz CT molecular complexity index is 298. The van der Waals surface area contributed by atoms with Gasteiger partial charge in [0.25, 0.3) is 0 Å². The average molecular weight is 194 g/mol. The third-order valence-electron chi connectivity index (χ3n) is 2.50. The van der Waals surface area contributed by atoms with Crippen molar-refractivity contribution in [3.05, 3.63) is 18.1 Å². The Balaban J connectivity index is 2.07. The molecule has 0 unspecified atom stereocenters. The van der Waals surface area contributed by atoms with E-state index in [1.54, 1.807) is 6.20 Å². The number of aliphatic hydroxyl groups is 1. The van der Waals surface area contributed by atoms with Crippen LogP contribution >= 0.6 is 0 Å². The number of aliphatic hydroxyl groups excluding tert-OH is 1. The lowest BCUT2D eigenvalue weighted by atomic mass is 10.3. The molecule has 0 saturated heterocycles. The first kappa shape index (κ1) is 9.40. The highest BCUT2D eigenvalue weighted by molar-refractivity contribution is 5.21. The lowest BCUT2D eigenvalue weighted by Gasteiger charge is -2.13. The minimum atomic E-state index is -0.0666. The van der Waals surface area contributed by atoms with Gasteiger partial charge in [-0.1, -0.05) is 0 Å². The summed E-state index contributed by atoms with van der Waals surface area (Å²) in [5.74, 6) is 0.536. The van der Waals surface area contributed by atoms with E-state index in [1.807, 2.05) is 0 Å². The Hall–Kier alpha value is -1.16. The fourth-order valence-electron chi connectivity index (χ4n) is 1.73. The fourth-order valence-corrected chi connectivity index (χ4v) is 1.73. The molecule has 1 N–H and O–H groups in total. The van der Waals surface area contributed by atoms with E-state index in [9.17, 15) is 0 Å². The molecule has 2 rings (SSSR count). The molecule has 76 valence electrons. The molecule has 0 atom stereocenters. The molecule has 1 saturated carbocycles. The quantitative estimate of drug-likeness (QED) is 0.787. The van der Waals surface area contributed by atoms with Crippen molar-refractivity contribution in [2.75, 3.05) is 0 Å². The van der Waals surface area contributed by atoms with Crippen LogP contribution in [0.15, 0.2) is 12.5 Å². The molecule has 0 amide bonds. The van der Waals surface area contributed by atoms with Crippen molar-refractivity contribution in [2.24, 2.45) is 0 Å². The van der Waals surface area contributed by atoms with E-state index >= 15 is 0 Å². The minimum absolute atomic E-state index is 0.0666. The molecule has 1 aliphatic carbocycles. The molecule has 0 bridgehead atoms. The molecule has 0 aliphatic heterocycles. The fraction of sp³-hybridized carbons (Fsp3) is 0.600. The average Bonchev–Trinajstić information content (AvgIpc) is 2.71. The van der Waals surface area contributed by atoms with Gasteiger partial charge in [-0.15, -0.1) is 0 Å². The SMILES string of the molecule is OCc1cncnc1OC1CCCC1. The lowest BCUT2D eigenvalue weighted by molar-refractivity contribution is 0.190. The molecule has 0 radical (unpaired) electrons. The predicted molar refractivity (Wildman–Crippen MR) is 50.8 cm³/mol. The van der Waals surface area contributed by atoms with Crippen LogP contribution in [0, 0.1) is 0 Å². The first-order chi connectivity index (χ1) is 6.90. The highest BCUT2D eigenvalue weighted by Crippen LogP contribution is 2.24. The molecule has 1 aromatic heterocycles. The van der Waals surface area contributed by atoms with E-state index in [0.717, 1.165) is 12.8 Å². The van der Waals surface area contributed by atoms with E-state index < -0.39 is 0 Å². The van der Waals surface area contributed by atoms with E-state index in [-0.39, 0.29) is 12.7 Å². The van der Waals surface area contributed by atoms with Crippen molar-refractivity contribution in [1.29, 1.82) is 0 Å². The number of ether oxygens (including phenoxy) is 1. The predicted octanol–water partition coefficient (Wildman–Crippen LogP) is 1.29. The van der Waals surface area contributed by atoms with E-state index in [4.69, 9.17) is 9.84 Å². The van der Waals surface area contributed by atoms with Crippen LogP contribution in [0.1, 0.15) is 31.2 Å². The zero-order valence-electron chi connectivity index (χ0n) is 8.02. The van der Waals surface area contributed by atoms with Crippen LogP contribution in [0.5, 0.6) is 5.88 Å². The van der Waals surface area contributed by atoms with Crippen molar-refractivity contribution in [1.82, 2.24) is 9.97 Å². The summed E-state index contributed by atoms with van der Waals surface area (Å²) in [6.45, 7) is -0.0666. The number of nitrogens with zero attached hydrogens (tertiary/aromatic N) is 2. The summed E-state index contributed by atoms with van der Waals surface area (Å²) in [7, 11) is 0. The van der Waals surface area contributed by atoms with Gasteiger partial charge in [-0.25, -0.2) is 9.97 Å². The largest absolute Gasteiger partial charge is 0.474 e. The Kier molecular flexibility index (Phi) is 2.93. The van der Waals surface area contributed by atoms with E-state index in [2.05, 4.69) is 9.97 Å². The normalized spacial score (nSPS) is 17.2. The Morgan fingerprint density at radius 3 is 2.93 bits per heavy atom. The summed E-state index contributed by atoms with van der Waals surface area (Å²) in [5.41, 5.74) is 0.666. The summed E-state index contributed by atoms with van der Waals surface area (Å²) < 4.78 is 5.69. The number of hydrogen-bond acceptors (Lipinski definition) is 4. The zero-order chi connectivity index (χ0) is 9.80. The van der Waals surface area contributed by atoms with Gasteiger partial charge in [0.15, 0.2) is 0 Å². The van der Waals surface area contributed by atoms with Gasteiger partial charge in [-0.2, -0.15) is 0 Å². The standard InChI is InChI=1S/C10H14N2O2/c13-6-8-5-11-7-12-10(8)14-9-3-1-2-4-9/h5,7,9,13H,1-4,6H2. The molecule has 4 heteroatoms. The monoisotopic (exact) mass is 194 g/mol. The van der Waals surface area contributed by atoms with Crippen molar-refractivity contribution in [3.8, 4) is 5.88 Å². The van der Waals surface area contributed by atoms with Gasteiger partial charge in [0, 0.05) is 6.20 Å². The van der Waals surface area contributed by atoms with Crippen LogP contribution < -0.4 is 4.74 Å². The van der Waals surface area contributed by atoms with Crippen LogP contribution in [-0.4, -0.2) is 21.2 Å². The first-order valence-corrected chi connectivity index (χ1v) is 4.96. The summed E-state index contributed by atoms with van der Waals surface area (Å²) in [4.78, 5) is 7.86. The molecule has 4 nitrogen and oxygen atoms in total. The Labute approximate surface area is 83.0 Å². The van der Waals surface area contributed by atoms with Gasteiger partial charge in [0.2, 0.25) is 5.88 Å². The topological polar surface area (TPSA) is 55.2 Å². The number of aromatic nitrogens is 2. The van der Waals surface area contributed by atoms with E-state index in [1.165, 1.54) is 19.2 Å². The lowest BCUT2D eigenvalue weighted by Crippen LogP contribution is -2.13. The number of hydrogen-bond donors (Lipinski definition) is 1. The molecule has 1 aromatic rings. The van der Waals surface area contributed by atoms with Crippen LogP contribution in [0.25, 0.3) is 0 Å². The maximum Gasteiger partial charge on any atom is 0.222 e. The Morgan fingerprint density at radius 1 is 1.43 bits per heavy atom. The second-order valence-corrected chi connectivity index (χ2v) is 3.54. The summed E-state index contributed by atoms with van der Waals surface area (Å²) in [6, 6.07) is 0. The summed E-state index contributed by atoms with van der Waals surface area (Å²) in [6.07, 6.45) is 7.95. The molecule has 0 aromatic carbocycles. The van der Waals surface area contributed by atoms with E-state index in [0.29, 0.717) is 11.4 Å². The van der Waals surface area contributed by atoms with Crippen molar-refractivity contribution in [2.45, 2.75) is 38.4 Å². The second-order valence-electron chi connectivity index (χ2n) is 3.54. The zero-order valence-corrected chi connectivity index (χ0v) is 8.02. The Morgan fingerprint density at radius 2 is 2.21 bits per heavy atom. The van der Waals surface area contributed by atoms with Gasteiger partial charge in [0.1, 0.15) is 12.4 Å². The molecule has 1 fully saturated rings. The molecule has 14 heavy (non-hydrogen) atoms. The van der Waals surface area contributed by atoms with Crippen molar-refractivity contribution < 1.29 is 9.84 Å². The summed E-state index contributed by atoms with van der Waals surface area (Å²) in [5, 5.41) is 9.03. The smallest absolute Gasteiger partial charge is 0.222 e. The highest BCUT2D eigenvalue weighted by Gasteiger charge is 2.18. The maximum absolute atomic E-state index is 9.03. The van der Waals surface area contributed by atoms with Crippen molar-refractivity contribution in [3.63, 3.8) is 0 Å². The second kappa shape index (κ2) is 4.37. The van der Waals surface area contributed by atoms with Crippen LogP contribution in [-0.2, 0) is 6.61 Å². The molecule has 1 heterocycles. The highest BCUT2D eigenvalue weighted by atomic mass is 16.5. The maximum atomic E-state index is 9.03. The summed E-state index contributed by atoms with van der Waals surface area (Å²) >= 11 is 0. The van der Waals surface area contributed by atoms with Crippen molar-refractivity contribution >= 4 is 0 Å². The van der Waals surface area contributed by atoms with Gasteiger partial charge in [-0.05, 0) is 25.7 Å². The van der Waals surface area contributed by atoms with Crippen LogP contribution in [0.4, 0.5) is 0 Å². The molecular formula is C10H14N2O2. The molecule has 0 spiro atoms. The third-order valence-corrected chi connectivity index (χ3v) is 2.50. The van der Waals surface area contributed by atoms with Crippen LogP contribution in [0.3, 0.4) is 0 Å². The first-order valence-electron chi connectivity index (χ1n) is 4.96. The van der Waals surface area contributed by atoms with Gasteiger partial charge in [0.05, 0.1) is 12.2 Å². The van der Waals surface area contributed by atoms with Gasteiger partial charge >= 0.3 is 0 Å². The minimum Gasteiger partial charge on any atom is -0.474 e. The molecular weight excluding hydrogens is 180 g/mol. The van der Waals surface area contributed by atoms with Gasteiger partial charge < -0.3 is 9.84 Å². The number of rotatable bonds is 3. The third kappa shape index (κ3) is 2.01. The van der Waals surface area contributed by atoms with Gasteiger partial charge in [-0.3, -0.25) is 0 Å².